The van der Waals surface area contributed by atoms with Crippen molar-refractivity contribution in [3.8, 4) is 5.75 Å². The van der Waals surface area contributed by atoms with Crippen LogP contribution in [-0.4, -0.2) is 18.8 Å². The molecule has 0 saturated heterocycles. The van der Waals surface area contributed by atoms with Crippen molar-refractivity contribution in [2.75, 3.05) is 7.11 Å². The third-order valence-corrected chi connectivity index (χ3v) is 2.89. The minimum atomic E-state index is -0.506. The second-order valence-corrected chi connectivity index (χ2v) is 6.17. The minimum absolute atomic E-state index is 0.196. The first-order chi connectivity index (χ1) is 8.73. The standard InChI is InChI=1S/C14H20BrNO3/c1-9(16-13(17)19-14(2,3)4)11-7-6-10(15)8-12(11)18-5/h6-9H,1-5H3,(H,16,17). The summed E-state index contributed by atoms with van der Waals surface area (Å²) < 4.78 is 11.5. The van der Waals surface area contributed by atoms with Crippen LogP contribution in [0.2, 0.25) is 0 Å². The number of rotatable bonds is 3. The summed E-state index contributed by atoms with van der Waals surface area (Å²) in [7, 11) is 1.60. The van der Waals surface area contributed by atoms with E-state index in [9.17, 15) is 4.79 Å². The number of methoxy groups -OCH3 is 1. The predicted octanol–water partition coefficient (Wildman–Crippen LogP) is 4.04. The maximum atomic E-state index is 11.7. The van der Waals surface area contributed by atoms with Crippen molar-refractivity contribution in [3.63, 3.8) is 0 Å². The van der Waals surface area contributed by atoms with E-state index in [-0.39, 0.29) is 6.04 Å². The second kappa shape index (κ2) is 6.28. The molecular formula is C14H20BrNO3. The Kier molecular flexibility index (Phi) is 5.23. The lowest BCUT2D eigenvalue weighted by Gasteiger charge is -2.23. The van der Waals surface area contributed by atoms with Crippen LogP contribution in [0.1, 0.15) is 39.3 Å². The van der Waals surface area contributed by atoms with Gasteiger partial charge in [0.15, 0.2) is 0 Å². The van der Waals surface area contributed by atoms with Crippen molar-refractivity contribution in [2.24, 2.45) is 0 Å². The number of nitrogens with one attached hydrogen (secondary N) is 1. The molecule has 1 aromatic rings. The van der Waals surface area contributed by atoms with Crippen LogP contribution in [0.3, 0.4) is 0 Å². The van der Waals surface area contributed by atoms with Gasteiger partial charge in [0.05, 0.1) is 13.2 Å². The highest BCUT2D eigenvalue weighted by Crippen LogP contribution is 2.28. The molecule has 0 bridgehead atoms. The Bertz CT molecular complexity index is 454. The predicted molar refractivity (Wildman–Crippen MR) is 78.5 cm³/mol. The molecule has 106 valence electrons. The molecular weight excluding hydrogens is 310 g/mol. The fourth-order valence-electron chi connectivity index (χ4n) is 1.60. The Hall–Kier alpha value is -1.23. The van der Waals surface area contributed by atoms with Gasteiger partial charge in [-0.3, -0.25) is 0 Å². The van der Waals surface area contributed by atoms with E-state index in [1.165, 1.54) is 0 Å². The summed E-state index contributed by atoms with van der Waals surface area (Å²) in [6.07, 6.45) is -0.440. The Morgan fingerprint density at radius 3 is 2.53 bits per heavy atom. The summed E-state index contributed by atoms with van der Waals surface area (Å²) >= 11 is 3.38. The van der Waals surface area contributed by atoms with Crippen LogP contribution >= 0.6 is 15.9 Å². The highest BCUT2D eigenvalue weighted by molar-refractivity contribution is 9.10. The van der Waals surface area contributed by atoms with Crippen molar-refractivity contribution in [2.45, 2.75) is 39.3 Å². The van der Waals surface area contributed by atoms with Crippen LogP contribution in [0.25, 0.3) is 0 Å². The van der Waals surface area contributed by atoms with Crippen LogP contribution < -0.4 is 10.1 Å². The van der Waals surface area contributed by atoms with Crippen molar-refractivity contribution in [1.29, 1.82) is 0 Å². The van der Waals surface area contributed by atoms with Gasteiger partial charge < -0.3 is 14.8 Å². The first-order valence-corrected chi connectivity index (χ1v) is 6.85. The summed E-state index contributed by atoms with van der Waals surface area (Å²) in [6.45, 7) is 7.38. The molecule has 0 fully saturated rings. The zero-order valence-corrected chi connectivity index (χ0v) is 13.5. The lowest BCUT2D eigenvalue weighted by atomic mass is 10.1. The molecule has 0 heterocycles. The van der Waals surface area contributed by atoms with Gasteiger partial charge in [0.2, 0.25) is 0 Å². The number of hydrogen-bond donors (Lipinski definition) is 1. The lowest BCUT2D eigenvalue weighted by Crippen LogP contribution is -2.34. The Morgan fingerprint density at radius 2 is 2.00 bits per heavy atom. The van der Waals surface area contributed by atoms with Gasteiger partial charge in [0.1, 0.15) is 11.4 Å². The normalized spacial score (nSPS) is 12.7. The highest BCUT2D eigenvalue weighted by atomic mass is 79.9. The van der Waals surface area contributed by atoms with E-state index in [2.05, 4.69) is 21.2 Å². The summed E-state index contributed by atoms with van der Waals surface area (Å²) in [4.78, 5) is 11.7. The molecule has 0 aliphatic carbocycles. The van der Waals surface area contributed by atoms with Crippen molar-refractivity contribution < 1.29 is 14.3 Å². The first kappa shape index (κ1) is 15.8. The van der Waals surface area contributed by atoms with Crippen molar-refractivity contribution >= 4 is 22.0 Å². The van der Waals surface area contributed by atoms with Gasteiger partial charge in [-0.1, -0.05) is 22.0 Å². The number of carbonyl (C=O) groups excluding carboxylic acids is 1. The van der Waals surface area contributed by atoms with E-state index in [1.807, 2.05) is 45.9 Å². The van der Waals surface area contributed by atoms with E-state index in [4.69, 9.17) is 9.47 Å². The average molecular weight is 330 g/mol. The van der Waals surface area contributed by atoms with E-state index in [0.717, 1.165) is 15.8 Å². The van der Waals surface area contributed by atoms with Gasteiger partial charge in [0, 0.05) is 10.0 Å². The molecule has 0 saturated carbocycles. The van der Waals surface area contributed by atoms with E-state index >= 15 is 0 Å². The number of benzene rings is 1. The largest absolute Gasteiger partial charge is 0.496 e. The molecule has 0 aliphatic rings. The molecule has 5 heteroatoms. The molecule has 1 N–H and O–H groups in total. The minimum Gasteiger partial charge on any atom is -0.496 e. The quantitative estimate of drug-likeness (QED) is 0.910. The Labute approximate surface area is 122 Å². The summed E-state index contributed by atoms with van der Waals surface area (Å²) in [5, 5.41) is 2.79. The van der Waals surface area contributed by atoms with Gasteiger partial charge in [-0.05, 0) is 39.8 Å². The molecule has 1 unspecified atom stereocenters. The first-order valence-electron chi connectivity index (χ1n) is 6.06. The third kappa shape index (κ3) is 5.11. The average Bonchev–Trinajstić information content (AvgIpc) is 2.25. The highest BCUT2D eigenvalue weighted by Gasteiger charge is 2.19. The Balaban J connectivity index is 2.78. The van der Waals surface area contributed by atoms with Crippen LogP contribution in [-0.2, 0) is 4.74 Å². The van der Waals surface area contributed by atoms with Crippen molar-refractivity contribution in [1.82, 2.24) is 5.32 Å². The van der Waals surface area contributed by atoms with Gasteiger partial charge in [0.25, 0.3) is 0 Å². The topological polar surface area (TPSA) is 47.6 Å². The second-order valence-electron chi connectivity index (χ2n) is 5.25. The number of halogens is 1. The van der Waals surface area contributed by atoms with Gasteiger partial charge in [-0.25, -0.2) is 4.79 Å². The van der Waals surface area contributed by atoms with Gasteiger partial charge in [-0.15, -0.1) is 0 Å². The molecule has 1 atom stereocenters. The van der Waals surface area contributed by atoms with E-state index in [0.29, 0.717) is 0 Å². The molecule has 1 amide bonds. The maximum Gasteiger partial charge on any atom is 0.408 e. The molecule has 0 radical (unpaired) electrons. The molecule has 0 aliphatic heterocycles. The van der Waals surface area contributed by atoms with Crippen LogP contribution in [0.4, 0.5) is 4.79 Å². The number of ether oxygens (including phenoxy) is 2. The molecule has 19 heavy (non-hydrogen) atoms. The molecule has 0 aromatic heterocycles. The van der Waals surface area contributed by atoms with E-state index < -0.39 is 11.7 Å². The summed E-state index contributed by atoms with van der Waals surface area (Å²) in [5.41, 5.74) is 0.393. The number of alkyl carbamates (subject to hydrolysis) is 1. The molecule has 4 nitrogen and oxygen atoms in total. The summed E-state index contributed by atoms with van der Waals surface area (Å²) in [5.74, 6) is 0.720. The Morgan fingerprint density at radius 1 is 1.37 bits per heavy atom. The van der Waals surface area contributed by atoms with Crippen molar-refractivity contribution in [3.05, 3.63) is 28.2 Å². The summed E-state index contributed by atoms with van der Waals surface area (Å²) in [6, 6.07) is 5.48. The lowest BCUT2D eigenvalue weighted by molar-refractivity contribution is 0.0507. The molecule has 1 rings (SSSR count). The number of carbonyl (C=O) groups is 1. The zero-order chi connectivity index (χ0) is 14.6. The smallest absolute Gasteiger partial charge is 0.408 e. The van der Waals surface area contributed by atoms with Crippen LogP contribution in [0.15, 0.2) is 22.7 Å². The molecule has 0 spiro atoms. The third-order valence-electron chi connectivity index (χ3n) is 2.40. The monoisotopic (exact) mass is 329 g/mol. The van der Waals surface area contributed by atoms with E-state index in [1.54, 1.807) is 7.11 Å². The fraction of sp³-hybridized carbons (Fsp3) is 0.500. The fourth-order valence-corrected chi connectivity index (χ4v) is 1.94. The molecule has 1 aromatic carbocycles. The van der Waals surface area contributed by atoms with Gasteiger partial charge in [-0.2, -0.15) is 0 Å². The van der Waals surface area contributed by atoms with Crippen LogP contribution in [0.5, 0.6) is 5.75 Å². The maximum absolute atomic E-state index is 11.7. The zero-order valence-electron chi connectivity index (χ0n) is 11.9. The van der Waals surface area contributed by atoms with Crippen LogP contribution in [0, 0.1) is 0 Å². The SMILES string of the molecule is COc1cc(Br)ccc1C(C)NC(=O)OC(C)(C)C. The van der Waals surface area contributed by atoms with Gasteiger partial charge >= 0.3 is 6.09 Å². The number of hydrogen-bond acceptors (Lipinski definition) is 3. The number of amides is 1.